The van der Waals surface area contributed by atoms with Crippen molar-refractivity contribution in [1.82, 2.24) is 10.2 Å². The monoisotopic (exact) mass is 446 g/mol. The molecule has 3 atom stereocenters. The van der Waals surface area contributed by atoms with Gasteiger partial charge in [0, 0.05) is 17.6 Å². The number of nitrogens with one attached hydrogen (secondary N) is 1. The topological polar surface area (TPSA) is 89.9 Å². The summed E-state index contributed by atoms with van der Waals surface area (Å²) in [6, 6.07) is 14.8. The lowest BCUT2D eigenvalue weighted by molar-refractivity contribution is -0.154. The SMILES string of the molecule is C[C@@H](NC(=O)[C@H](O)[C@@H](O)C(=O)N1CCc2ccccc2C1)c1ccc(Br)cc1. The van der Waals surface area contributed by atoms with E-state index in [2.05, 4.69) is 21.2 Å². The van der Waals surface area contributed by atoms with Crippen molar-refractivity contribution in [3.63, 3.8) is 0 Å². The number of hydrogen-bond acceptors (Lipinski definition) is 4. The Kier molecular flexibility index (Phi) is 6.49. The molecule has 0 aliphatic carbocycles. The van der Waals surface area contributed by atoms with Crippen LogP contribution < -0.4 is 5.32 Å². The molecule has 2 aromatic carbocycles. The van der Waals surface area contributed by atoms with E-state index < -0.39 is 24.0 Å². The van der Waals surface area contributed by atoms with Gasteiger partial charge in [-0.3, -0.25) is 9.59 Å². The van der Waals surface area contributed by atoms with E-state index in [-0.39, 0.29) is 6.04 Å². The van der Waals surface area contributed by atoms with Gasteiger partial charge in [0.15, 0.2) is 12.2 Å². The van der Waals surface area contributed by atoms with Gasteiger partial charge in [0.05, 0.1) is 6.04 Å². The molecule has 0 aromatic heterocycles. The third-order valence-electron chi connectivity index (χ3n) is 4.99. The highest BCUT2D eigenvalue weighted by Crippen LogP contribution is 2.20. The van der Waals surface area contributed by atoms with Gasteiger partial charge in [-0.1, -0.05) is 52.3 Å². The maximum atomic E-state index is 12.6. The summed E-state index contributed by atoms with van der Waals surface area (Å²) < 4.78 is 0.916. The van der Waals surface area contributed by atoms with E-state index in [0.29, 0.717) is 19.5 Å². The van der Waals surface area contributed by atoms with Crippen molar-refractivity contribution >= 4 is 27.7 Å². The summed E-state index contributed by atoms with van der Waals surface area (Å²) in [5, 5.41) is 23.1. The van der Waals surface area contributed by atoms with Crippen molar-refractivity contribution in [2.45, 2.75) is 38.1 Å². The van der Waals surface area contributed by atoms with Gasteiger partial charge in [-0.05, 0) is 42.2 Å². The molecule has 2 amide bonds. The zero-order valence-corrected chi connectivity index (χ0v) is 17.1. The lowest BCUT2D eigenvalue weighted by atomic mass is 9.99. The van der Waals surface area contributed by atoms with Gasteiger partial charge in [0.2, 0.25) is 0 Å². The van der Waals surface area contributed by atoms with Crippen LogP contribution >= 0.6 is 15.9 Å². The lowest BCUT2D eigenvalue weighted by Gasteiger charge is -2.31. The number of fused-ring (bicyclic) bond motifs is 1. The molecule has 0 bridgehead atoms. The average Bonchev–Trinajstić information content (AvgIpc) is 2.72. The van der Waals surface area contributed by atoms with E-state index in [0.717, 1.165) is 15.6 Å². The number of carbonyl (C=O) groups is 2. The summed E-state index contributed by atoms with van der Waals surface area (Å²) >= 11 is 3.35. The van der Waals surface area contributed by atoms with Gasteiger partial charge < -0.3 is 20.4 Å². The number of aliphatic hydroxyl groups is 2. The van der Waals surface area contributed by atoms with Crippen LogP contribution in [-0.4, -0.2) is 45.7 Å². The maximum absolute atomic E-state index is 12.6. The number of rotatable bonds is 5. The van der Waals surface area contributed by atoms with Crippen LogP contribution in [0.3, 0.4) is 0 Å². The molecule has 1 aliphatic rings. The normalized spacial score (nSPS) is 16.6. The Morgan fingerprint density at radius 2 is 1.68 bits per heavy atom. The highest BCUT2D eigenvalue weighted by molar-refractivity contribution is 9.10. The minimum Gasteiger partial charge on any atom is -0.380 e. The van der Waals surface area contributed by atoms with Crippen LogP contribution in [0.25, 0.3) is 0 Å². The molecule has 3 rings (SSSR count). The van der Waals surface area contributed by atoms with Gasteiger partial charge >= 0.3 is 0 Å². The number of hydrogen-bond donors (Lipinski definition) is 3. The Morgan fingerprint density at radius 1 is 1.04 bits per heavy atom. The van der Waals surface area contributed by atoms with Crippen LogP contribution in [0.5, 0.6) is 0 Å². The minimum absolute atomic E-state index is 0.357. The van der Waals surface area contributed by atoms with Gasteiger partial charge in [-0.15, -0.1) is 0 Å². The highest BCUT2D eigenvalue weighted by Gasteiger charge is 2.35. The van der Waals surface area contributed by atoms with E-state index in [9.17, 15) is 19.8 Å². The van der Waals surface area contributed by atoms with Gasteiger partial charge in [-0.2, -0.15) is 0 Å². The Morgan fingerprint density at radius 3 is 2.36 bits per heavy atom. The second-order valence-corrected chi connectivity index (χ2v) is 7.87. The van der Waals surface area contributed by atoms with Crippen LogP contribution in [0, 0.1) is 0 Å². The number of amides is 2. The summed E-state index contributed by atoms with van der Waals surface area (Å²) in [7, 11) is 0. The molecule has 0 unspecified atom stereocenters. The summed E-state index contributed by atoms with van der Waals surface area (Å²) in [6.45, 7) is 2.57. The van der Waals surface area contributed by atoms with Gasteiger partial charge in [-0.25, -0.2) is 0 Å². The standard InChI is InChI=1S/C21H23BrN2O4/c1-13(14-6-8-17(22)9-7-14)23-20(27)18(25)19(26)21(28)24-11-10-15-4-2-3-5-16(15)12-24/h2-9,13,18-19,25-26H,10-12H2,1H3,(H,23,27)/t13-,18-,19-/m1/s1. The largest absolute Gasteiger partial charge is 0.380 e. The number of carbonyl (C=O) groups excluding carboxylic acids is 2. The molecule has 148 valence electrons. The molecule has 0 saturated heterocycles. The van der Waals surface area contributed by atoms with E-state index in [1.165, 1.54) is 10.5 Å². The summed E-state index contributed by atoms with van der Waals surface area (Å²) in [4.78, 5) is 26.4. The van der Waals surface area contributed by atoms with Crippen molar-refractivity contribution in [3.8, 4) is 0 Å². The van der Waals surface area contributed by atoms with Crippen molar-refractivity contribution in [2.24, 2.45) is 0 Å². The van der Waals surface area contributed by atoms with Crippen LogP contribution in [0.4, 0.5) is 0 Å². The fourth-order valence-electron chi connectivity index (χ4n) is 3.28. The molecule has 6 nitrogen and oxygen atoms in total. The third kappa shape index (κ3) is 4.60. The summed E-state index contributed by atoms with van der Waals surface area (Å²) in [6.07, 6.45) is -2.96. The highest BCUT2D eigenvalue weighted by atomic mass is 79.9. The van der Waals surface area contributed by atoms with E-state index >= 15 is 0 Å². The number of nitrogens with zero attached hydrogens (tertiary/aromatic N) is 1. The summed E-state index contributed by atoms with van der Waals surface area (Å²) in [5.41, 5.74) is 3.02. The predicted octanol–water partition coefficient (Wildman–Crippen LogP) is 1.93. The van der Waals surface area contributed by atoms with Crippen molar-refractivity contribution in [1.29, 1.82) is 0 Å². The van der Waals surface area contributed by atoms with Gasteiger partial charge in [0.25, 0.3) is 11.8 Å². The summed E-state index contributed by atoms with van der Waals surface area (Å²) in [5.74, 6) is -1.43. The molecule has 1 aliphatic heterocycles. The first-order valence-corrected chi connectivity index (χ1v) is 9.93. The smallest absolute Gasteiger partial charge is 0.255 e. The van der Waals surface area contributed by atoms with Crippen LogP contribution in [0.15, 0.2) is 53.0 Å². The van der Waals surface area contributed by atoms with Crippen molar-refractivity contribution < 1.29 is 19.8 Å². The third-order valence-corrected chi connectivity index (χ3v) is 5.52. The van der Waals surface area contributed by atoms with E-state index in [4.69, 9.17) is 0 Å². The molecule has 28 heavy (non-hydrogen) atoms. The maximum Gasteiger partial charge on any atom is 0.255 e. The zero-order valence-electron chi connectivity index (χ0n) is 15.5. The molecular formula is C21H23BrN2O4. The number of halogens is 1. The molecule has 1 heterocycles. The molecule has 0 fully saturated rings. The molecule has 3 N–H and O–H groups in total. The number of aliphatic hydroxyl groups excluding tert-OH is 2. The first kappa shape index (κ1) is 20.5. The van der Waals surface area contributed by atoms with Crippen LogP contribution in [-0.2, 0) is 22.6 Å². The molecule has 0 spiro atoms. The fraction of sp³-hybridized carbons (Fsp3) is 0.333. The molecule has 7 heteroatoms. The van der Waals surface area contributed by atoms with Crippen LogP contribution in [0.1, 0.15) is 29.7 Å². The second kappa shape index (κ2) is 8.86. The van der Waals surface area contributed by atoms with E-state index in [1.54, 1.807) is 6.92 Å². The zero-order chi connectivity index (χ0) is 20.3. The Labute approximate surface area is 172 Å². The van der Waals surface area contributed by atoms with Crippen molar-refractivity contribution in [3.05, 3.63) is 69.7 Å². The Balaban J connectivity index is 1.60. The first-order valence-electron chi connectivity index (χ1n) is 9.14. The van der Waals surface area contributed by atoms with Crippen LogP contribution in [0.2, 0.25) is 0 Å². The van der Waals surface area contributed by atoms with Crippen molar-refractivity contribution in [2.75, 3.05) is 6.54 Å². The number of benzene rings is 2. The first-order chi connectivity index (χ1) is 13.4. The lowest BCUT2D eigenvalue weighted by Crippen LogP contribution is -2.51. The predicted molar refractivity (Wildman–Crippen MR) is 108 cm³/mol. The minimum atomic E-state index is -1.83. The Hall–Kier alpha value is -2.22. The van der Waals surface area contributed by atoms with E-state index in [1.807, 2.05) is 48.5 Å². The Bertz CT molecular complexity index is 856. The molecular weight excluding hydrogens is 424 g/mol. The average molecular weight is 447 g/mol. The van der Waals surface area contributed by atoms with Gasteiger partial charge in [0.1, 0.15) is 0 Å². The fourth-order valence-corrected chi connectivity index (χ4v) is 3.55. The molecule has 0 radical (unpaired) electrons. The quantitative estimate of drug-likeness (QED) is 0.654. The second-order valence-electron chi connectivity index (χ2n) is 6.95. The molecule has 2 aromatic rings. The molecule has 0 saturated carbocycles.